The molecule has 0 aromatic heterocycles. The molecule has 2 N–H and O–H groups in total. The molecule has 23 heavy (non-hydrogen) atoms. The second-order valence-electron chi connectivity index (χ2n) is 7.28. The van der Waals surface area contributed by atoms with Crippen LogP contribution in [0.15, 0.2) is 30.3 Å². The predicted octanol–water partition coefficient (Wildman–Crippen LogP) is 2.54. The van der Waals surface area contributed by atoms with Gasteiger partial charge in [0.05, 0.1) is 5.60 Å². The van der Waals surface area contributed by atoms with Crippen LogP contribution in [0.3, 0.4) is 0 Å². The van der Waals surface area contributed by atoms with Crippen LogP contribution >= 0.6 is 0 Å². The number of ether oxygens (including phenoxy) is 1. The summed E-state index contributed by atoms with van der Waals surface area (Å²) in [6, 6.07) is 10.1. The molecule has 0 unspecified atom stereocenters. The minimum Gasteiger partial charge on any atom is -0.444 e. The highest BCUT2D eigenvalue weighted by atomic mass is 16.6. The number of piperidine rings is 1. The van der Waals surface area contributed by atoms with Gasteiger partial charge in [-0.15, -0.1) is 0 Å². The molecule has 0 bridgehead atoms. The largest absolute Gasteiger partial charge is 0.444 e. The van der Waals surface area contributed by atoms with E-state index in [4.69, 9.17) is 4.74 Å². The van der Waals surface area contributed by atoms with Crippen LogP contribution in [0.2, 0.25) is 0 Å². The van der Waals surface area contributed by atoms with Crippen molar-refractivity contribution in [2.75, 3.05) is 19.6 Å². The number of benzene rings is 1. The van der Waals surface area contributed by atoms with Crippen LogP contribution in [-0.4, -0.2) is 46.9 Å². The quantitative estimate of drug-likeness (QED) is 0.895. The number of rotatable bonds is 4. The van der Waals surface area contributed by atoms with E-state index in [9.17, 15) is 9.90 Å². The fourth-order valence-electron chi connectivity index (χ4n) is 2.64. The third kappa shape index (κ3) is 5.84. The molecule has 1 aromatic rings. The van der Waals surface area contributed by atoms with Crippen molar-refractivity contribution in [3.63, 3.8) is 0 Å². The summed E-state index contributed by atoms with van der Waals surface area (Å²) in [4.78, 5) is 13.7. The zero-order valence-electron chi connectivity index (χ0n) is 14.3. The standard InChI is InChI=1S/C18H28N2O3/c1-17(2,3)23-16(21)20-11-9-18(22,10-12-20)14-19-13-15-7-5-4-6-8-15/h4-8,19,22H,9-14H2,1-3H3. The van der Waals surface area contributed by atoms with Gasteiger partial charge in [-0.05, 0) is 39.2 Å². The first-order chi connectivity index (χ1) is 10.8. The maximum atomic E-state index is 12.0. The van der Waals surface area contributed by atoms with Crippen LogP contribution in [0, 0.1) is 0 Å². The molecular weight excluding hydrogens is 292 g/mol. The molecular formula is C18H28N2O3. The third-order valence-corrected chi connectivity index (χ3v) is 3.97. The number of nitrogens with zero attached hydrogens (tertiary/aromatic N) is 1. The van der Waals surface area contributed by atoms with Gasteiger partial charge in [0.25, 0.3) is 0 Å². The molecule has 1 heterocycles. The van der Waals surface area contributed by atoms with Crippen molar-refractivity contribution in [1.82, 2.24) is 10.2 Å². The van der Waals surface area contributed by atoms with E-state index in [1.54, 1.807) is 4.90 Å². The molecule has 0 radical (unpaired) electrons. The summed E-state index contributed by atoms with van der Waals surface area (Å²) in [5, 5.41) is 13.9. The van der Waals surface area contributed by atoms with Crippen LogP contribution in [0.5, 0.6) is 0 Å². The first-order valence-electron chi connectivity index (χ1n) is 8.22. The van der Waals surface area contributed by atoms with Gasteiger partial charge in [-0.3, -0.25) is 0 Å². The molecule has 0 atom stereocenters. The highest BCUT2D eigenvalue weighted by Crippen LogP contribution is 2.23. The Morgan fingerprint density at radius 3 is 2.43 bits per heavy atom. The molecule has 1 fully saturated rings. The van der Waals surface area contributed by atoms with Gasteiger partial charge in [0.1, 0.15) is 5.60 Å². The lowest BCUT2D eigenvalue weighted by atomic mass is 9.91. The summed E-state index contributed by atoms with van der Waals surface area (Å²) in [5.41, 5.74) is -0.0441. The highest BCUT2D eigenvalue weighted by Gasteiger charge is 2.35. The lowest BCUT2D eigenvalue weighted by molar-refractivity contribution is -0.0310. The van der Waals surface area contributed by atoms with Crippen LogP contribution < -0.4 is 5.32 Å². The zero-order valence-corrected chi connectivity index (χ0v) is 14.3. The zero-order chi connectivity index (χ0) is 16.9. The minimum absolute atomic E-state index is 0.295. The Hall–Kier alpha value is -1.59. The normalized spacial score (nSPS) is 17.8. The van der Waals surface area contributed by atoms with E-state index in [-0.39, 0.29) is 6.09 Å². The average molecular weight is 320 g/mol. The third-order valence-electron chi connectivity index (χ3n) is 3.97. The van der Waals surface area contributed by atoms with E-state index >= 15 is 0 Å². The van der Waals surface area contributed by atoms with E-state index in [0.29, 0.717) is 32.5 Å². The van der Waals surface area contributed by atoms with Gasteiger partial charge in [-0.25, -0.2) is 4.79 Å². The summed E-state index contributed by atoms with van der Waals surface area (Å²) in [6.45, 7) is 7.90. The Labute approximate surface area is 138 Å². The van der Waals surface area contributed by atoms with E-state index in [1.165, 1.54) is 5.56 Å². The van der Waals surface area contributed by atoms with Crippen LogP contribution in [0.1, 0.15) is 39.2 Å². The Morgan fingerprint density at radius 1 is 1.26 bits per heavy atom. The van der Waals surface area contributed by atoms with E-state index in [2.05, 4.69) is 17.4 Å². The number of amides is 1. The van der Waals surface area contributed by atoms with Gasteiger partial charge in [-0.1, -0.05) is 30.3 Å². The summed E-state index contributed by atoms with van der Waals surface area (Å²) in [6.07, 6.45) is 0.832. The molecule has 0 saturated carbocycles. The Kier molecular flexibility index (Phi) is 5.65. The number of nitrogens with one attached hydrogen (secondary N) is 1. The fraction of sp³-hybridized carbons (Fsp3) is 0.611. The molecule has 5 nitrogen and oxygen atoms in total. The number of aliphatic hydroxyl groups is 1. The summed E-state index contributed by atoms with van der Waals surface area (Å²) >= 11 is 0. The second-order valence-corrected chi connectivity index (χ2v) is 7.28. The van der Waals surface area contributed by atoms with Crippen molar-refractivity contribution >= 4 is 6.09 Å². The van der Waals surface area contributed by atoms with Gasteiger partial charge in [0, 0.05) is 26.2 Å². The summed E-state index contributed by atoms with van der Waals surface area (Å²) in [7, 11) is 0. The molecule has 128 valence electrons. The van der Waals surface area contributed by atoms with Gasteiger partial charge in [0.15, 0.2) is 0 Å². The Bertz CT molecular complexity index is 503. The molecule has 0 aliphatic carbocycles. The topological polar surface area (TPSA) is 61.8 Å². The van der Waals surface area contributed by atoms with Crippen molar-refractivity contribution in [3.05, 3.63) is 35.9 Å². The average Bonchev–Trinajstić information content (AvgIpc) is 2.47. The molecule has 1 aliphatic rings. The van der Waals surface area contributed by atoms with Crippen molar-refractivity contribution in [2.45, 2.75) is 51.4 Å². The van der Waals surface area contributed by atoms with Gasteiger partial charge in [-0.2, -0.15) is 0 Å². The van der Waals surface area contributed by atoms with E-state index < -0.39 is 11.2 Å². The predicted molar refractivity (Wildman–Crippen MR) is 90.1 cm³/mol. The second kappa shape index (κ2) is 7.32. The first kappa shape index (κ1) is 17.8. The summed E-state index contributed by atoms with van der Waals surface area (Å²) in [5.74, 6) is 0. The molecule has 2 rings (SSSR count). The minimum atomic E-state index is -0.757. The van der Waals surface area contributed by atoms with Crippen LogP contribution in [0.4, 0.5) is 4.79 Å². The first-order valence-corrected chi connectivity index (χ1v) is 8.22. The molecule has 1 saturated heterocycles. The van der Waals surface area contributed by atoms with Crippen molar-refractivity contribution in [1.29, 1.82) is 0 Å². The molecule has 5 heteroatoms. The van der Waals surface area contributed by atoms with Crippen LogP contribution in [-0.2, 0) is 11.3 Å². The molecule has 1 aromatic carbocycles. The maximum Gasteiger partial charge on any atom is 0.410 e. The molecule has 1 amide bonds. The van der Waals surface area contributed by atoms with Crippen molar-refractivity contribution in [2.24, 2.45) is 0 Å². The van der Waals surface area contributed by atoms with Crippen molar-refractivity contribution in [3.8, 4) is 0 Å². The number of carbonyl (C=O) groups excluding carboxylic acids is 1. The number of hydrogen-bond donors (Lipinski definition) is 2. The Morgan fingerprint density at radius 2 is 1.87 bits per heavy atom. The summed E-state index contributed by atoms with van der Waals surface area (Å²) < 4.78 is 5.37. The van der Waals surface area contributed by atoms with Gasteiger partial charge in [0.2, 0.25) is 0 Å². The van der Waals surface area contributed by atoms with E-state index in [0.717, 1.165) is 6.54 Å². The highest BCUT2D eigenvalue weighted by molar-refractivity contribution is 5.68. The lowest BCUT2D eigenvalue weighted by Crippen LogP contribution is -2.51. The number of hydrogen-bond acceptors (Lipinski definition) is 4. The molecule has 0 spiro atoms. The smallest absolute Gasteiger partial charge is 0.410 e. The molecule has 1 aliphatic heterocycles. The number of likely N-dealkylation sites (tertiary alicyclic amines) is 1. The van der Waals surface area contributed by atoms with Gasteiger partial charge < -0.3 is 20.1 Å². The SMILES string of the molecule is CC(C)(C)OC(=O)N1CCC(O)(CNCc2ccccc2)CC1. The Balaban J connectivity index is 1.75. The van der Waals surface area contributed by atoms with Crippen LogP contribution in [0.25, 0.3) is 0 Å². The van der Waals surface area contributed by atoms with E-state index in [1.807, 2.05) is 39.0 Å². The lowest BCUT2D eigenvalue weighted by Gasteiger charge is -2.38. The maximum absolute atomic E-state index is 12.0. The monoisotopic (exact) mass is 320 g/mol. The number of carbonyl (C=O) groups is 1. The van der Waals surface area contributed by atoms with Gasteiger partial charge >= 0.3 is 6.09 Å². The van der Waals surface area contributed by atoms with Crippen molar-refractivity contribution < 1.29 is 14.6 Å². The fourth-order valence-corrected chi connectivity index (χ4v) is 2.64.